The van der Waals surface area contributed by atoms with Gasteiger partial charge in [0.15, 0.2) is 0 Å². The van der Waals surface area contributed by atoms with Gasteiger partial charge in [0.05, 0.1) is 6.61 Å². The first-order valence-electron chi connectivity index (χ1n) is 5.36. The van der Waals surface area contributed by atoms with E-state index in [0.29, 0.717) is 0 Å². The molecule has 0 atom stereocenters. The molecule has 19 heavy (non-hydrogen) atoms. The van der Waals surface area contributed by atoms with Crippen LogP contribution in [0, 0.1) is 0 Å². The smallest absolute Gasteiger partial charge is 0.371 e. The summed E-state index contributed by atoms with van der Waals surface area (Å²) in [6.45, 7) is -1.50. The fourth-order valence-electron chi connectivity index (χ4n) is 1.59. The van der Waals surface area contributed by atoms with Gasteiger partial charge in [-0.3, -0.25) is 0 Å². The lowest BCUT2D eigenvalue weighted by molar-refractivity contribution is -0.176. The van der Waals surface area contributed by atoms with Crippen molar-refractivity contribution < 1.29 is 17.9 Å². The molecule has 108 valence electrons. The molecule has 0 bridgehead atoms. The minimum Gasteiger partial charge on any atom is -0.371 e. The molecule has 0 saturated heterocycles. The number of halogens is 6. The molecule has 1 aromatic rings. The highest BCUT2D eigenvalue weighted by Gasteiger charge is 2.35. The maximum Gasteiger partial charge on any atom is 0.411 e. The molecule has 0 aromatic heterocycles. The van der Waals surface area contributed by atoms with Gasteiger partial charge in [-0.15, -0.1) is 23.2 Å². The van der Waals surface area contributed by atoms with Gasteiger partial charge in [-0.05, 0) is 11.6 Å². The van der Waals surface area contributed by atoms with Gasteiger partial charge in [-0.2, -0.15) is 13.2 Å². The average molecular weight is 380 g/mol. The quantitative estimate of drug-likeness (QED) is 0.648. The molecular weight excluding hydrogens is 368 g/mol. The Balaban J connectivity index is 2.89. The Hall–Kier alpha value is 0.0300. The number of rotatable bonds is 6. The van der Waals surface area contributed by atoms with Crippen LogP contribution in [0.25, 0.3) is 0 Å². The van der Waals surface area contributed by atoms with Crippen LogP contribution in [0.1, 0.15) is 5.56 Å². The summed E-state index contributed by atoms with van der Waals surface area (Å²) in [6.07, 6.45) is -4.36. The first-order valence-corrected chi connectivity index (χ1v) is 7.22. The van der Waals surface area contributed by atoms with Crippen LogP contribution in [0.2, 0.25) is 0 Å². The van der Waals surface area contributed by atoms with Crippen molar-refractivity contribution in [2.75, 3.05) is 25.0 Å². The molecule has 0 aliphatic carbocycles. The molecular formula is C12H12BrCl2F3O. The van der Waals surface area contributed by atoms with Gasteiger partial charge in [-0.1, -0.05) is 34.1 Å². The summed E-state index contributed by atoms with van der Waals surface area (Å²) in [4.78, 5) is 0. The monoisotopic (exact) mass is 378 g/mol. The first-order chi connectivity index (χ1) is 8.84. The van der Waals surface area contributed by atoms with Crippen molar-refractivity contribution in [3.05, 3.63) is 34.3 Å². The number of benzene rings is 1. The Morgan fingerprint density at radius 2 is 1.63 bits per heavy atom. The molecule has 1 nitrogen and oxygen atoms in total. The van der Waals surface area contributed by atoms with Crippen LogP contribution in [-0.2, 0) is 10.2 Å². The summed E-state index contributed by atoms with van der Waals surface area (Å²) < 4.78 is 41.8. The Bertz CT molecular complexity index is 408. The van der Waals surface area contributed by atoms with Gasteiger partial charge >= 0.3 is 6.18 Å². The molecule has 7 heteroatoms. The lowest BCUT2D eigenvalue weighted by atomic mass is 9.85. The van der Waals surface area contributed by atoms with Crippen molar-refractivity contribution in [3.8, 4) is 0 Å². The summed E-state index contributed by atoms with van der Waals surface area (Å²) >= 11 is 15.2. The summed E-state index contributed by atoms with van der Waals surface area (Å²) in [5, 5.41) is 0. The van der Waals surface area contributed by atoms with Crippen LogP contribution in [0.5, 0.6) is 0 Å². The Morgan fingerprint density at radius 3 is 2.11 bits per heavy atom. The molecule has 0 aliphatic rings. The van der Waals surface area contributed by atoms with E-state index in [-0.39, 0.29) is 18.4 Å². The van der Waals surface area contributed by atoms with E-state index in [2.05, 4.69) is 15.9 Å². The third kappa shape index (κ3) is 4.81. The van der Waals surface area contributed by atoms with E-state index in [1.807, 2.05) is 0 Å². The fraction of sp³-hybridized carbons (Fsp3) is 0.500. The Labute approximate surface area is 128 Å². The number of hydrogen-bond acceptors (Lipinski definition) is 1. The second kappa shape index (κ2) is 7.16. The van der Waals surface area contributed by atoms with E-state index < -0.39 is 18.2 Å². The van der Waals surface area contributed by atoms with Crippen molar-refractivity contribution in [3.63, 3.8) is 0 Å². The predicted octanol–water partition coefficient (Wildman–Crippen LogP) is 4.74. The van der Waals surface area contributed by atoms with E-state index in [1.165, 1.54) is 0 Å². The number of hydrogen-bond donors (Lipinski definition) is 0. The van der Waals surface area contributed by atoms with E-state index in [4.69, 9.17) is 27.9 Å². The van der Waals surface area contributed by atoms with Gasteiger partial charge in [-0.25, -0.2) is 0 Å². The molecule has 0 radical (unpaired) electrons. The molecule has 0 fully saturated rings. The molecule has 1 aromatic carbocycles. The van der Waals surface area contributed by atoms with Crippen LogP contribution in [0.4, 0.5) is 13.2 Å². The Morgan fingerprint density at radius 1 is 1.05 bits per heavy atom. The van der Waals surface area contributed by atoms with Crippen molar-refractivity contribution in [2.24, 2.45) is 0 Å². The van der Waals surface area contributed by atoms with Crippen LogP contribution >= 0.6 is 39.1 Å². The van der Waals surface area contributed by atoms with Gasteiger partial charge < -0.3 is 4.74 Å². The van der Waals surface area contributed by atoms with Gasteiger partial charge in [0, 0.05) is 21.6 Å². The van der Waals surface area contributed by atoms with E-state index in [9.17, 15) is 13.2 Å². The van der Waals surface area contributed by atoms with Crippen LogP contribution in [0.3, 0.4) is 0 Å². The highest BCUT2D eigenvalue weighted by atomic mass is 79.9. The minimum atomic E-state index is -4.36. The molecule has 0 saturated carbocycles. The normalized spacial score (nSPS) is 12.7. The van der Waals surface area contributed by atoms with Gasteiger partial charge in [0.1, 0.15) is 6.61 Å². The van der Waals surface area contributed by atoms with Crippen LogP contribution < -0.4 is 0 Å². The molecule has 0 unspecified atom stereocenters. The maximum atomic E-state index is 12.1. The predicted molar refractivity (Wildman–Crippen MR) is 74.1 cm³/mol. The molecule has 0 spiro atoms. The summed E-state index contributed by atoms with van der Waals surface area (Å²) in [7, 11) is 0. The third-order valence-electron chi connectivity index (χ3n) is 2.60. The van der Waals surface area contributed by atoms with E-state index in [1.54, 1.807) is 24.3 Å². The van der Waals surface area contributed by atoms with E-state index in [0.717, 1.165) is 10.0 Å². The molecule has 0 heterocycles. The standard InChI is InChI=1S/C12H12BrCl2F3O/c13-10-4-2-1-3-9(10)11(5-14,6-15)7-19-8-12(16,17)18/h1-4H,5-8H2. The van der Waals surface area contributed by atoms with Crippen molar-refractivity contribution in [1.29, 1.82) is 0 Å². The lowest BCUT2D eigenvalue weighted by Crippen LogP contribution is -2.38. The summed E-state index contributed by atoms with van der Waals surface area (Å²) in [6, 6.07) is 7.13. The maximum absolute atomic E-state index is 12.1. The Kier molecular flexibility index (Phi) is 6.43. The lowest BCUT2D eigenvalue weighted by Gasteiger charge is -2.31. The zero-order valence-electron chi connectivity index (χ0n) is 9.81. The minimum absolute atomic E-state index is 0.0664. The topological polar surface area (TPSA) is 9.23 Å². The van der Waals surface area contributed by atoms with Crippen LogP contribution in [0.15, 0.2) is 28.7 Å². The first kappa shape index (κ1) is 17.1. The fourth-order valence-corrected chi connectivity index (χ4v) is 3.02. The molecule has 1 rings (SSSR count). The summed E-state index contributed by atoms with van der Waals surface area (Å²) in [5.41, 5.74) is -0.115. The molecule has 0 N–H and O–H groups in total. The molecule has 0 amide bonds. The van der Waals surface area contributed by atoms with Gasteiger partial charge in [0.25, 0.3) is 0 Å². The number of ether oxygens (including phenoxy) is 1. The van der Waals surface area contributed by atoms with E-state index >= 15 is 0 Å². The zero-order valence-corrected chi connectivity index (χ0v) is 12.9. The SMILES string of the molecule is FC(F)(F)COCC(CCl)(CCl)c1ccccc1Br. The molecule has 0 aliphatic heterocycles. The second-order valence-electron chi connectivity index (χ2n) is 4.14. The largest absolute Gasteiger partial charge is 0.411 e. The van der Waals surface area contributed by atoms with Gasteiger partial charge in [0.2, 0.25) is 0 Å². The van der Waals surface area contributed by atoms with Crippen molar-refractivity contribution >= 4 is 39.1 Å². The third-order valence-corrected chi connectivity index (χ3v) is 4.32. The zero-order chi connectivity index (χ0) is 14.5. The highest BCUT2D eigenvalue weighted by Crippen LogP contribution is 2.34. The van der Waals surface area contributed by atoms with Crippen molar-refractivity contribution in [1.82, 2.24) is 0 Å². The van der Waals surface area contributed by atoms with Crippen LogP contribution in [-0.4, -0.2) is 31.2 Å². The second-order valence-corrected chi connectivity index (χ2v) is 5.52. The average Bonchev–Trinajstić information content (AvgIpc) is 2.35. The summed E-state index contributed by atoms with van der Waals surface area (Å²) in [5.74, 6) is 0.133. The number of alkyl halides is 5. The van der Waals surface area contributed by atoms with Crippen molar-refractivity contribution in [2.45, 2.75) is 11.6 Å². The highest BCUT2D eigenvalue weighted by molar-refractivity contribution is 9.10.